The minimum Gasteiger partial charge on any atom is -0.441 e. The molecule has 3 aromatic rings. The second-order valence-corrected chi connectivity index (χ2v) is 8.82. The highest BCUT2D eigenvalue weighted by Gasteiger charge is 2.33. The third-order valence-corrected chi connectivity index (χ3v) is 6.93. The van der Waals surface area contributed by atoms with Crippen LogP contribution < -0.4 is 0 Å². The minimum atomic E-state index is -3.96. The largest absolute Gasteiger partial charge is 0.441 e. The van der Waals surface area contributed by atoms with Gasteiger partial charge in [-0.2, -0.15) is 4.31 Å². The zero-order valence-corrected chi connectivity index (χ0v) is 17.1. The summed E-state index contributed by atoms with van der Waals surface area (Å²) in [6.07, 6.45) is 0. The minimum absolute atomic E-state index is 0.0743. The van der Waals surface area contributed by atoms with Gasteiger partial charge in [-0.15, -0.1) is 0 Å². The predicted octanol–water partition coefficient (Wildman–Crippen LogP) is 2.94. The summed E-state index contributed by atoms with van der Waals surface area (Å²) in [5.41, 5.74) is 0.972. The Labute approximate surface area is 173 Å². The molecule has 1 amide bonds. The quantitative estimate of drug-likeness (QED) is 0.637. The fourth-order valence-corrected chi connectivity index (χ4v) is 4.86. The number of aryl methyl sites for hydroxylation is 1. The summed E-state index contributed by atoms with van der Waals surface area (Å²) in [5, 5.41) is 0. The van der Waals surface area contributed by atoms with Crippen LogP contribution in [0.3, 0.4) is 0 Å². The van der Waals surface area contributed by atoms with Crippen LogP contribution in [0.4, 0.5) is 4.39 Å². The predicted molar refractivity (Wildman–Crippen MR) is 108 cm³/mol. The van der Waals surface area contributed by atoms with Crippen LogP contribution in [-0.4, -0.2) is 54.7 Å². The fourth-order valence-electron chi connectivity index (χ4n) is 3.37. The SMILES string of the molecule is Cc1oc(-c2ccccc2)nc1C(=O)N1CCN(S(=O)(=O)c2ccccc2F)CC1. The second-order valence-electron chi connectivity index (χ2n) is 6.92. The number of rotatable bonds is 4. The van der Waals surface area contributed by atoms with Gasteiger partial charge in [0.2, 0.25) is 15.9 Å². The van der Waals surface area contributed by atoms with Crippen molar-refractivity contribution in [3.8, 4) is 11.5 Å². The summed E-state index contributed by atoms with van der Waals surface area (Å²) in [6.45, 7) is 2.18. The summed E-state index contributed by atoms with van der Waals surface area (Å²) in [5.74, 6) is -0.346. The van der Waals surface area contributed by atoms with Gasteiger partial charge in [0.05, 0.1) is 0 Å². The molecule has 156 valence electrons. The van der Waals surface area contributed by atoms with Crippen molar-refractivity contribution in [1.29, 1.82) is 0 Å². The third kappa shape index (κ3) is 3.73. The highest BCUT2D eigenvalue weighted by Crippen LogP contribution is 2.24. The Balaban J connectivity index is 1.48. The summed E-state index contributed by atoms with van der Waals surface area (Å²) in [7, 11) is -3.96. The van der Waals surface area contributed by atoms with Gasteiger partial charge in [-0.1, -0.05) is 30.3 Å². The maximum atomic E-state index is 14.0. The van der Waals surface area contributed by atoms with Gasteiger partial charge >= 0.3 is 0 Å². The highest BCUT2D eigenvalue weighted by atomic mass is 32.2. The summed E-state index contributed by atoms with van der Waals surface area (Å²) < 4.78 is 46.3. The molecule has 2 heterocycles. The van der Waals surface area contributed by atoms with Crippen molar-refractivity contribution in [2.24, 2.45) is 0 Å². The van der Waals surface area contributed by atoms with Gasteiger partial charge in [0.15, 0.2) is 5.69 Å². The lowest BCUT2D eigenvalue weighted by atomic mass is 10.2. The molecule has 1 aliphatic rings. The molecule has 1 aliphatic heterocycles. The van der Waals surface area contributed by atoms with Gasteiger partial charge in [-0.25, -0.2) is 17.8 Å². The molecule has 9 heteroatoms. The first-order valence-corrected chi connectivity index (χ1v) is 10.9. The Hall–Kier alpha value is -3.04. The standard InChI is InChI=1S/C21H20FN3O4S/c1-15-19(23-20(29-15)16-7-3-2-4-8-16)21(26)24-11-13-25(14-12-24)30(27,28)18-10-6-5-9-17(18)22/h2-10H,11-14H2,1H3. The molecule has 0 N–H and O–H groups in total. The molecule has 2 aromatic carbocycles. The van der Waals surface area contributed by atoms with Gasteiger partial charge in [0, 0.05) is 31.7 Å². The van der Waals surface area contributed by atoms with Crippen molar-refractivity contribution in [3.05, 3.63) is 71.9 Å². The van der Waals surface area contributed by atoms with Crippen molar-refractivity contribution in [3.63, 3.8) is 0 Å². The first kappa shape index (κ1) is 20.2. The van der Waals surface area contributed by atoms with E-state index in [4.69, 9.17) is 4.42 Å². The lowest BCUT2D eigenvalue weighted by Gasteiger charge is -2.33. The van der Waals surface area contributed by atoms with E-state index in [1.165, 1.54) is 27.4 Å². The number of hydrogen-bond acceptors (Lipinski definition) is 5. The molecule has 0 aliphatic carbocycles. The number of carbonyl (C=O) groups excluding carboxylic acids is 1. The first-order chi connectivity index (χ1) is 14.4. The average Bonchev–Trinajstić information content (AvgIpc) is 3.16. The Bertz CT molecular complexity index is 1170. The van der Waals surface area contributed by atoms with Crippen LogP contribution in [-0.2, 0) is 10.0 Å². The molecule has 0 bridgehead atoms. The Kier molecular flexibility index (Phi) is 5.40. The van der Waals surface area contributed by atoms with E-state index in [1.54, 1.807) is 6.92 Å². The van der Waals surface area contributed by atoms with Crippen LogP contribution in [0.2, 0.25) is 0 Å². The Morgan fingerprint density at radius 1 is 1.00 bits per heavy atom. The van der Waals surface area contributed by atoms with E-state index in [0.717, 1.165) is 11.6 Å². The first-order valence-electron chi connectivity index (χ1n) is 9.45. The Morgan fingerprint density at radius 3 is 2.30 bits per heavy atom. The van der Waals surface area contributed by atoms with Crippen molar-refractivity contribution in [2.75, 3.05) is 26.2 Å². The van der Waals surface area contributed by atoms with E-state index >= 15 is 0 Å². The zero-order valence-electron chi connectivity index (χ0n) is 16.3. The maximum absolute atomic E-state index is 14.0. The number of hydrogen-bond donors (Lipinski definition) is 0. The number of aromatic nitrogens is 1. The fraction of sp³-hybridized carbons (Fsp3) is 0.238. The molecule has 0 spiro atoms. The van der Waals surface area contributed by atoms with Crippen LogP contribution in [0.1, 0.15) is 16.2 Å². The van der Waals surface area contributed by atoms with Gasteiger partial charge < -0.3 is 9.32 Å². The molecule has 7 nitrogen and oxygen atoms in total. The lowest BCUT2D eigenvalue weighted by molar-refractivity contribution is 0.0690. The van der Waals surface area contributed by atoms with Crippen molar-refractivity contribution >= 4 is 15.9 Å². The summed E-state index contributed by atoms with van der Waals surface area (Å²) in [6, 6.07) is 14.5. The normalized spacial score (nSPS) is 15.3. The van der Waals surface area contributed by atoms with E-state index in [9.17, 15) is 17.6 Å². The van der Waals surface area contributed by atoms with Crippen LogP contribution >= 0.6 is 0 Å². The third-order valence-electron chi connectivity index (χ3n) is 5.00. The van der Waals surface area contributed by atoms with Crippen LogP contribution in [0, 0.1) is 12.7 Å². The van der Waals surface area contributed by atoms with Crippen molar-refractivity contribution in [1.82, 2.24) is 14.2 Å². The zero-order chi connectivity index (χ0) is 21.3. The molecule has 0 unspecified atom stereocenters. The molecular weight excluding hydrogens is 409 g/mol. The molecule has 0 saturated carbocycles. The number of amides is 1. The number of halogens is 1. The molecule has 1 fully saturated rings. The van der Waals surface area contributed by atoms with Crippen LogP contribution in [0.5, 0.6) is 0 Å². The number of benzene rings is 2. The van der Waals surface area contributed by atoms with Crippen molar-refractivity contribution in [2.45, 2.75) is 11.8 Å². The molecule has 0 atom stereocenters. The Morgan fingerprint density at radius 2 is 1.63 bits per heavy atom. The van der Waals surface area contributed by atoms with E-state index in [-0.39, 0.29) is 42.7 Å². The van der Waals surface area contributed by atoms with Gasteiger partial charge in [-0.05, 0) is 31.2 Å². The maximum Gasteiger partial charge on any atom is 0.276 e. The van der Waals surface area contributed by atoms with Crippen molar-refractivity contribution < 1.29 is 22.0 Å². The number of oxazole rings is 1. The number of nitrogens with zero attached hydrogens (tertiary/aromatic N) is 3. The highest BCUT2D eigenvalue weighted by molar-refractivity contribution is 7.89. The van der Waals surface area contributed by atoms with Gasteiger partial charge in [0.25, 0.3) is 5.91 Å². The monoisotopic (exact) mass is 429 g/mol. The lowest BCUT2D eigenvalue weighted by Crippen LogP contribution is -2.50. The van der Waals surface area contributed by atoms with Gasteiger partial charge in [0.1, 0.15) is 16.5 Å². The second kappa shape index (κ2) is 8.00. The summed E-state index contributed by atoms with van der Waals surface area (Å²) in [4.78, 5) is 18.4. The molecule has 0 radical (unpaired) electrons. The average molecular weight is 429 g/mol. The molecule has 30 heavy (non-hydrogen) atoms. The topological polar surface area (TPSA) is 83.7 Å². The van der Waals surface area contributed by atoms with Crippen LogP contribution in [0.15, 0.2) is 63.9 Å². The number of piperazine rings is 1. The summed E-state index contributed by atoms with van der Waals surface area (Å²) >= 11 is 0. The molecular formula is C21H20FN3O4S. The van der Waals surface area contributed by atoms with E-state index < -0.39 is 15.8 Å². The van der Waals surface area contributed by atoms with E-state index in [1.807, 2.05) is 30.3 Å². The molecule has 1 saturated heterocycles. The smallest absolute Gasteiger partial charge is 0.276 e. The molecule has 1 aromatic heterocycles. The van der Waals surface area contributed by atoms with E-state index in [2.05, 4.69) is 4.98 Å². The van der Waals surface area contributed by atoms with E-state index in [0.29, 0.717) is 11.7 Å². The number of carbonyl (C=O) groups is 1. The van der Waals surface area contributed by atoms with Crippen LogP contribution in [0.25, 0.3) is 11.5 Å². The number of sulfonamides is 1. The van der Waals surface area contributed by atoms with Gasteiger partial charge in [-0.3, -0.25) is 4.79 Å². The molecule has 4 rings (SSSR count).